The Labute approximate surface area is 199 Å². The summed E-state index contributed by atoms with van der Waals surface area (Å²) in [7, 11) is 0. The summed E-state index contributed by atoms with van der Waals surface area (Å²) in [5, 5.41) is 4.59. The predicted octanol–water partition coefficient (Wildman–Crippen LogP) is 4.60. The molecule has 6 nitrogen and oxygen atoms in total. The molecule has 0 atom stereocenters. The maximum Gasteiger partial charge on any atom is 0.331 e. The quantitative estimate of drug-likeness (QED) is 0.344. The SMILES string of the molecule is CCN(Cc1cccc(F)c1)C(=O)COC(=O)/C=C/c1c(C)nn(Cc2ccc(C)cc2)c1C. The van der Waals surface area contributed by atoms with Crippen LogP contribution in [0.15, 0.2) is 54.6 Å². The lowest BCUT2D eigenvalue weighted by molar-refractivity contribution is -0.148. The monoisotopic (exact) mass is 463 g/mol. The average molecular weight is 464 g/mol. The molecule has 2 aromatic carbocycles. The van der Waals surface area contributed by atoms with E-state index in [1.165, 1.54) is 28.7 Å². The van der Waals surface area contributed by atoms with Crippen molar-refractivity contribution < 1.29 is 18.7 Å². The number of benzene rings is 2. The third-order valence-corrected chi connectivity index (χ3v) is 5.61. The Morgan fingerprint density at radius 1 is 1.09 bits per heavy atom. The molecule has 0 N–H and O–H groups in total. The van der Waals surface area contributed by atoms with Gasteiger partial charge in [0.05, 0.1) is 12.2 Å². The number of hydrogen-bond acceptors (Lipinski definition) is 4. The van der Waals surface area contributed by atoms with Gasteiger partial charge in [0.2, 0.25) is 0 Å². The van der Waals surface area contributed by atoms with Gasteiger partial charge in [0.1, 0.15) is 5.82 Å². The van der Waals surface area contributed by atoms with Crippen LogP contribution in [-0.4, -0.2) is 39.7 Å². The molecule has 1 heterocycles. The second-order valence-electron chi connectivity index (χ2n) is 8.21. The number of aryl methyl sites for hydroxylation is 2. The zero-order valence-corrected chi connectivity index (χ0v) is 20.0. The second-order valence-corrected chi connectivity index (χ2v) is 8.21. The van der Waals surface area contributed by atoms with E-state index in [2.05, 4.69) is 29.4 Å². The van der Waals surface area contributed by atoms with Crippen LogP contribution in [0, 0.1) is 26.6 Å². The molecule has 1 aromatic heterocycles. The molecule has 3 aromatic rings. The first-order valence-electron chi connectivity index (χ1n) is 11.2. The van der Waals surface area contributed by atoms with Gasteiger partial charge in [-0.3, -0.25) is 9.48 Å². The summed E-state index contributed by atoms with van der Waals surface area (Å²) >= 11 is 0. The molecule has 1 amide bonds. The summed E-state index contributed by atoms with van der Waals surface area (Å²) in [6, 6.07) is 14.4. The summed E-state index contributed by atoms with van der Waals surface area (Å²) in [6.07, 6.45) is 2.98. The molecule has 0 aliphatic heterocycles. The van der Waals surface area contributed by atoms with Gasteiger partial charge in [-0.25, -0.2) is 9.18 Å². The van der Waals surface area contributed by atoms with Gasteiger partial charge in [-0.2, -0.15) is 5.10 Å². The molecule has 7 heteroatoms. The lowest BCUT2D eigenvalue weighted by Gasteiger charge is -2.20. The van der Waals surface area contributed by atoms with E-state index in [0.29, 0.717) is 18.7 Å². The first-order valence-corrected chi connectivity index (χ1v) is 11.2. The molecular weight excluding hydrogens is 433 g/mol. The van der Waals surface area contributed by atoms with Gasteiger partial charge < -0.3 is 9.64 Å². The minimum absolute atomic E-state index is 0.249. The minimum atomic E-state index is -0.611. The molecule has 0 spiro atoms. The number of hydrogen-bond donors (Lipinski definition) is 0. The highest BCUT2D eigenvalue weighted by molar-refractivity contribution is 5.89. The topological polar surface area (TPSA) is 64.4 Å². The smallest absolute Gasteiger partial charge is 0.331 e. The van der Waals surface area contributed by atoms with Gasteiger partial charge in [0.25, 0.3) is 5.91 Å². The van der Waals surface area contributed by atoms with E-state index in [0.717, 1.165) is 22.5 Å². The average Bonchev–Trinajstić information content (AvgIpc) is 3.08. The molecule has 0 saturated heterocycles. The highest BCUT2D eigenvalue weighted by Crippen LogP contribution is 2.17. The van der Waals surface area contributed by atoms with Crippen LogP contribution in [0.2, 0.25) is 0 Å². The lowest BCUT2D eigenvalue weighted by atomic mass is 10.1. The lowest BCUT2D eigenvalue weighted by Crippen LogP contribution is -2.34. The highest BCUT2D eigenvalue weighted by atomic mass is 19.1. The summed E-state index contributed by atoms with van der Waals surface area (Å²) in [5.74, 6) is -1.31. The molecule has 0 aliphatic carbocycles. The Morgan fingerprint density at radius 2 is 1.82 bits per heavy atom. The molecule has 3 rings (SSSR count). The molecule has 34 heavy (non-hydrogen) atoms. The fraction of sp³-hybridized carbons (Fsp3) is 0.296. The minimum Gasteiger partial charge on any atom is -0.452 e. The number of likely N-dealkylation sites (N-methyl/N-ethyl adjacent to an activating group) is 1. The van der Waals surface area contributed by atoms with Crippen LogP contribution in [0.4, 0.5) is 4.39 Å². The van der Waals surface area contributed by atoms with Gasteiger partial charge in [0, 0.05) is 30.4 Å². The number of carbonyl (C=O) groups is 2. The van der Waals surface area contributed by atoms with Crippen molar-refractivity contribution in [2.75, 3.05) is 13.2 Å². The van der Waals surface area contributed by atoms with Crippen molar-refractivity contribution in [3.05, 3.63) is 94.1 Å². The number of halogens is 1. The molecule has 178 valence electrons. The Balaban J connectivity index is 1.57. The number of carbonyl (C=O) groups excluding carboxylic acids is 2. The highest BCUT2D eigenvalue weighted by Gasteiger charge is 2.15. The number of aromatic nitrogens is 2. The maximum atomic E-state index is 13.4. The van der Waals surface area contributed by atoms with Crippen LogP contribution in [0.3, 0.4) is 0 Å². The van der Waals surface area contributed by atoms with E-state index in [1.807, 2.05) is 32.4 Å². The maximum absolute atomic E-state index is 13.4. The van der Waals surface area contributed by atoms with E-state index in [-0.39, 0.29) is 24.9 Å². The number of amides is 1. The van der Waals surface area contributed by atoms with Crippen LogP contribution in [0.1, 0.15) is 40.6 Å². The summed E-state index contributed by atoms with van der Waals surface area (Å²) in [5.41, 5.74) is 5.60. The summed E-state index contributed by atoms with van der Waals surface area (Å²) in [6.45, 7) is 8.63. The van der Waals surface area contributed by atoms with E-state index < -0.39 is 5.97 Å². The van der Waals surface area contributed by atoms with Gasteiger partial charge in [-0.05, 0) is 57.0 Å². The van der Waals surface area contributed by atoms with E-state index in [4.69, 9.17) is 4.74 Å². The van der Waals surface area contributed by atoms with Crippen LogP contribution in [0.25, 0.3) is 6.08 Å². The molecular formula is C27H30FN3O3. The predicted molar refractivity (Wildman–Crippen MR) is 129 cm³/mol. The molecule has 0 radical (unpaired) electrons. The summed E-state index contributed by atoms with van der Waals surface area (Å²) < 4.78 is 20.4. The van der Waals surface area contributed by atoms with Crippen molar-refractivity contribution in [2.45, 2.75) is 40.8 Å². The Morgan fingerprint density at radius 3 is 2.50 bits per heavy atom. The Kier molecular flexibility index (Phi) is 8.35. The number of ether oxygens (including phenoxy) is 1. The van der Waals surface area contributed by atoms with Crippen molar-refractivity contribution in [1.82, 2.24) is 14.7 Å². The second kappa shape index (κ2) is 11.4. The van der Waals surface area contributed by atoms with Crippen LogP contribution < -0.4 is 0 Å². The van der Waals surface area contributed by atoms with Gasteiger partial charge in [-0.15, -0.1) is 0 Å². The Bertz CT molecular complexity index is 1180. The van der Waals surface area contributed by atoms with Crippen molar-refractivity contribution >= 4 is 18.0 Å². The van der Waals surface area contributed by atoms with Gasteiger partial charge >= 0.3 is 5.97 Å². The van der Waals surface area contributed by atoms with Crippen molar-refractivity contribution in [2.24, 2.45) is 0 Å². The van der Waals surface area contributed by atoms with E-state index >= 15 is 0 Å². The Hall–Kier alpha value is -3.74. The van der Waals surface area contributed by atoms with Crippen molar-refractivity contribution in [3.63, 3.8) is 0 Å². The van der Waals surface area contributed by atoms with Crippen LogP contribution in [0.5, 0.6) is 0 Å². The zero-order valence-electron chi connectivity index (χ0n) is 20.0. The number of rotatable bonds is 9. The van der Waals surface area contributed by atoms with E-state index in [1.54, 1.807) is 18.2 Å². The fourth-order valence-electron chi connectivity index (χ4n) is 3.63. The largest absolute Gasteiger partial charge is 0.452 e. The van der Waals surface area contributed by atoms with Gasteiger partial charge in [-0.1, -0.05) is 42.0 Å². The third kappa shape index (κ3) is 6.63. The first kappa shape index (κ1) is 24.9. The van der Waals surface area contributed by atoms with Crippen LogP contribution >= 0.6 is 0 Å². The van der Waals surface area contributed by atoms with E-state index in [9.17, 15) is 14.0 Å². The number of nitrogens with zero attached hydrogens (tertiary/aromatic N) is 3. The van der Waals surface area contributed by atoms with Crippen molar-refractivity contribution in [3.8, 4) is 0 Å². The van der Waals surface area contributed by atoms with Gasteiger partial charge in [0.15, 0.2) is 6.61 Å². The standard InChI is InChI=1S/C27H30FN3O3/c1-5-30(16-23-7-6-8-24(28)15-23)26(32)18-34-27(33)14-13-25-20(3)29-31(21(25)4)17-22-11-9-19(2)10-12-22/h6-15H,5,16-18H2,1-4H3/b14-13+. The molecule has 0 bridgehead atoms. The molecule has 0 fully saturated rings. The zero-order chi connectivity index (χ0) is 24.7. The van der Waals surface area contributed by atoms with Crippen molar-refractivity contribution in [1.29, 1.82) is 0 Å². The first-order chi connectivity index (χ1) is 16.3. The molecule has 0 aliphatic rings. The van der Waals surface area contributed by atoms with Crippen LogP contribution in [-0.2, 0) is 27.4 Å². The molecule has 0 saturated carbocycles. The third-order valence-electron chi connectivity index (χ3n) is 5.61. The fourth-order valence-corrected chi connectivity index (χ4v) is 3.63. The molecule has 0 unspecified atom stereocenters. The number of esters is 1. The summed E-state index contributed by atoms with van der Waals surface area (Å²) in [4.78, 5) is 26.2. The normalized spacial score (nSPS) is 11.1.